The number of likely N-dealkylation sites (tertiary alicyclic amines) is 2. The van der Waals surface area contributed by atoms with Gasteiger partial charge in [-0.05, 0) is 43.5 Å². The summed E-state index contributed by atoms with van der Waals surface area (Å²) < 4.78 is 6.13. The summed E-state index contributed by atoms with van der Waals surface area (Å²) in [4.78, 5) is 32.1. The van der Waals surface area contributed by atoms with Crippen LogP contribution in [-0.2, 0) is 4.79 Å². The van der Waals surface area contributed by atoms with Crippen LogP contribution in [0.4, 0.5) is 4.79 Å². The predicted octanol–water partition coefficient (Wildman–Crippen LogP) is 4.66. The van der Waals surface area contributed by atoms with Gasteiger partial charge >= 0.3 is 6.09 Å². The van der Waals surface area contributed by atoms with Crippen LogP contribution in [0.15, 0.2) is 36.5 Å². The zero-order valence-corrected chi connectivity index (χ0v) is 20.7. The minimum absolute atomic E-state index is 0.0267. The first-order valence-electron chi connectivity index (χ1n) is 11.5. The Labute approximate surface area is 214 Å². The van der Waals surface area contributed by atoms with Gasteiger partial charge in [0.25, 0.3) is 0 Å². The zero-order valence-electron chi connectivity index (χ0n) is 19.2. The monoisotopic (exact) mass is 516 g/mol. The minimum atomic E-state index is -0.945. The van der Waals surface area contributed by atoms with Crippen molar-refractivity contribution < 1.29 is 19.4 Å². The molecular weight excluding hydrogens is 491 g/mol. The number of nitriles is 1. The number of ether oxygens (including phenoxy) is 1. The van der Waals surface area contributed by atoms with E-state index in [1.807, 2.05) is 30.0 Å². The van der Waals surface area contributed by atoms with Gasteiger partial charge in [-0.2, -0.15) is 5.26 Å². The van der Waals surface area contributed by atoms with Crippen LogP contribution in [0.25, 0.3) is 0 Å². The molecule has 2 fully saturated rings. The van der Waals surface area contributed by atoms with Gasteiger partial charge in [-0.3, -0.25) is 4.79 Å². The molecule has 2 aliphatic rings. The number of hydrogen-bond acceptors (Lipinski definition) is 5. The van der Waals surface area contributed by atoms with Gasteiger partial charge < -0.3 is 19.6 Å². The molecular formula is C25H26Cl2N4O4. The Morgan fingerprint density at radius 1 is 1.14 bits per heavy atom. The molecule has 4 rings (SSSR count). The van der Waals surface area contributed by atoms with E-state index in [-0.39, 0.29) is 29.8 Å². The van der Waals surface area contributed by atoms with E-state index in [2.05, 4.69) is 4.98 Å². The number of hydrogen-bond donors (Lipinski definition) is 1. The number of amides is 2. The van der Waals surface area contributed by atoms with E-state index < -0.39 is 6.09 Å². The second kappa shape index (κ2) is 10.7. The molecule has 0 bridgehead atoms. The van der Waals surface area contributed by atoms with E-state index >= 15 is 0 Å². The summed E-state index contributed by atoms with van der Waals surface area (Å²) in [7, 11) is 0. The Bertz CT molecular complexity index is 1130. The van der Waals surface area contributed by atoms with E-state index in [9.17, 15) is 14.7 Å². The molecule has 0 saturated carbocycles. The molecule has 35 heavy (non-hydrogen) atoms. The predicted molar refractivity (Wildman–Crippen MR) is 131 cm³/mol. The summed E-state index contributed by atoms with van der Waals surface area (Å²) in [5.74, 6) is 0.200. The van der Waals surface area contributed by atoms with E-state index in [0.717, 1.165) is 5.56 Å². The molecule has 2 saturated heterocycles. The summed E-state index contributed by atoms with van der Waals surface area (Å²) in [6.07, 6.45) is 1.28. The molecule has 0 radical (unpaired) electrons. The summed E-state index contributed by atoms with van der Waals surface area (Å²) >= 11 is 12.4. The van der Waals surface area contributed by atoms with Crippen molar-refractivity contribution in [3.05, 3.63) is 57.7 Å². The third-order valence-corrected chi connectivity index (χ3v) is 7.68. The maximum atomic E-state index is 13.4. The lowest BCUT2D eigenvalue weighted by atomic mass is 9.86. The van der Waals surface area contributed by atoms with E-state index in [4.69, 9.17) is 33.2 Å². The van der Waals surface area contributed by atoms with Gasteiger partial charge in [0, 0.05) is 56.2 Å². The average Bonchev–Trinajstić information content (AvgIpc) is 3.31. The fourth-order valence-corrected chi connectivity index (χ4v) is 5.26. The topological polar surface area (TPSA) is 107 Å². The Morgan fingerprint density at radius 2 is 1.89 bits per heavy atom. The van der Waals surface area contributed by atoms with Crippen LogP contribution >= 0.6 is 23.2 Å². The van der Waals surface area contributed by atoms with Gasteiger partial charge in [-0.15, -0.1) is 0 Å². The highest BCUT2D eigenvalue weighted by Crippen LogP contribution is 2.39. The van der Waals surface area contributed by atoms with Crippen LogP contribution in [0.1, 0.15) is 36.8 Å². The number of aromatic nitrogens is 1. The summed E-state index contributed by atoms with van der Waals surface area (Å²) in [5, 5.41) is 19.1. The van der Waals surface area contributed by atoms with Crippen LogP contribution in [-0.4, -0.2) is 64.2 Å². The van der Waals surface area contributed by atoms with E-state index in [0.29, 0.717) is 60.5 Å². The smallest absolute Gasteiger partial charge is 0.407 e. The first kappa shape index (κ1) is 25.1. The second-order valence-electron chi connectivity index (χ2n) is 9.05. The highest BCUT2D eigenvalue weighted by Gasteiger charge is 2.42. The van der Waals surface area contributed by atoms with E-state index in [1.54, 1.807) is 18.2 Å². The number of carboxylic acid groups (broad SMARTS) is 1. The first-order valence-corrected chi connectivity index (χ1v) is 12.3. The van der Waals surface area contributed by atoms with Crippen LogP contribution in [0.2, 0.25) is 10.0 Å². The van der Waals surface area contributed by atoms with Crippen molar-refractivity contribution in [3.63, 3.8) is 0 Å². The molecule has 2 aliphatic heterocycles. The normalized spacial score (nSPS) is 21.4. The lowest BCUT2D eigenvalue weighted by Gasteiger charge is -2.31. The third kappa shape index (κ3) is 5.63. The number of piperidine rings is 1. The van der Waals surface area contributed by atoms with Crippen LogP contribution in [0.5, 0.6) is 5.88 Å². The Morgan fingerprint density at radius 3 is 2.49 bits per heavy atom. The fraction of sp³-hybridized carbons (Fsp3) is 0.440. The van der Waals surface area contributed by atoms with Gasteiger partial charge in [0.15, 0.2) is 0 Å². The maximum absolute atomic E-state index is 13.4. The summed E-state index contributed by atoms with van der Waals surface area (Å²) in [5.41, 5.74) is 1.42. The second-order valence-corrected chi connectivity index (χ2v) is 9.87. The molecule has 3 atom stereocenters. The molecule has 1 aromatic heterocycles. The maximum Gasteiger partial charge on any atom is 0.407 e. The van der Waals surface area contributed by atoms with Crippen molar-refractivity contribution in [1.82, 2.24) is 14.8 Å². The highest BCUT2D eigenvalue weighted by molar-refractivity contribution is 6.42. The number of carbonyl (C=O) groups excluding carboxylic acids is 1. The van der Waals surface area contributed by atoms with Crippen molar-refractivity contribution >= 4 is 35.2 Å². The number of benzene rings is 1. The summed E-state index contributed by atoms with van der Waals surface area (Å²) in [6, 6.07) is 10.9. The lowest BCUT2D eigenvalue weighted by molar-refractivity contribution is -0.136. The Balaban J connectivity index is 1.52. The molecule has 3 unspecified atom stereocenters. The largest absolute Gasteiger partial charge is 0.474 e. The highest BCUT2D eigenvalue weighted by atomic mass is 35.5. The SMILES string of the molecule is CC(Oc1ccc(C#N)cn1)C1CN(C(=O)C2CCN(C(=O)O)CC2)CC1c1ccc(Cl)c(Cl)c1. The first-order chi connectivity index (χ1) is 16.8. The molecule has 0 spiro atoms. The van der Waals surface area contributed by atoms with Crippen LogP contribution in [0.3, 0.4) is 0 Å². The zero-order chi connectivity index (χ0) is 25.1. The van der Waals surface area contributed by atoms with Crippen molar-refractivity contribution in [2.45, 2.75) is 31.8 Å². The summed E-state index contributed by atoms with van der Waals surface area (Å²) in [6.45, 7) is 3.69. The number of rotatable bonds is 5. The van der Waals surface area contributed by atoms with Gasteiger partial charge in [0.1, 0.15) is 12.2 Å². The van der Waals surface area contributed by atoms with Gasteiger partial charge in [0.05, 0.1) is 15.6 Å². The number of nitrogens with zero attached hydrogens (tertiary/aromatic N) is 4. The molecule has 3 heterocycles. The van der Waals surface area contributed by atoms with Gasteiger partial charge in [0.2, 0.25) is 11.8 Å². The number of carbonyl (C=O) groups is 2. The van der Waals surface area contributed by atoms with Crippen LogP contribution in [0, 0.1) is 23.2 Å². The van der Waals surface area contributed by atoms with Crippen molar-refractivity contribution in [3.8, 4) is 11.9 Å². The third-order valence-electron chi connectivity index (χ3n) is 6.94. The molecule has 10 heteroatoms. The van der Waals surface area contributed by atoms with Gasteiger partial charge in [-0.25, -0.2) is 9.78 Å². The van der Waals surface area contributed by atoms with Crippen molar-refractivity contribution in [2.75, 3.05) is 26.2 Å². The Hall–Kier alpha value is -3.02. The quantitative estimate of drug-likeness (QED) is 0.619. The van der Waals surface area contributed by atoms with Gasteiger partial charge in [-0.1, -0.05) is 29.3 Å². The minimum Gasteiger partial charge on any atom is -0.474 e. The fourth-order valence-electron chi connectivity index (χ4n) is 4.95. The lowest BCUT2D eigenvalue weighted by Crippen LogP contribution is -2.43. The van der Waals surface area contributed by atoms with Crippen molar-refractivity contribution in [1.29, 1.82) is 5.26 Å². The molecule has 1 aromatic carbocycles. The standard InChI is InChI=1S/C25H26Cl2N4O4/c1-15(35-23-5-2-16(11-28)12-29-23)19-13-31(14-20(19)18-3-4-21(26)22(27)10-18)24(32)17-6-8-30(9-7-17)25(33)34/h2-5,10,12,15,17,19-20H,6-9,13-14H2,1H3,(H,33,34). The molecule has 1 N–H and O–H groups in total. The molecule has 2 amide bonds. The number of pyridine rings is 1. The molecule has 2 aromatic rings. The molecule has 184 valence electrons. The molecule has 0 aliphatic carbocycles. The van der Waals surface area contributed by atoms with Crippen LogP contribution < -0.4 is 4.74 Å². The van der Waals surface area contributed by atoms with E-state index in [1.165, 1.54) is 11.1 Å². The van der Waals surface area contributed by atoms with Crippen molar-refractivity contribution in [2.24, 2.45) is 11.8 Å². The Kier molecular flexibility index (Phi) is 7.68. The average molecular weight is 517 g/mol. The molecule has 8 nitrogen and oxygen atoms in total. The number of halogens is 2.